The number of aliphatic carboxylic acids is 1. The zero-order valence-corrected chi connectivity index (χ0v) is 20.7. The molecule has 0 fully saturated rings. The van der Waals surface area contributed by atoms with Gasteiger partial charge in [-0.1, -0.05) is 38.5 Å². The number of aldehydes is 1. The summed E-state index contributed by atoms with van der Waals surface area (Å²) in [5, 5.41) is 17.7. The highest BCUT2D eigenvalue weighted by molar-refractivity contribution is 5.94. The largest absolute Gasteiger partial charge is 0.481 e. The predicted octanol–water partition coefficient (Wildman–Crippen LogP) is 0.622. The molecule has 7 N–H and O–H groups in total. The van der Waals surface area contributed by atoms with Crippen LogP contribution in [-0.4, -0.2) is 64.2 Å². The first kappa shape index (κ1) is 28.5. The number of aromatic nitrogens is 1. The van der Waals surface area contributed by atoms with Gasteiger partial charge in [0.2, 0.25) is 17.7 Å². The van der Waals surface area contributed by atoms with Gasteiger partial charge in [0.05, 0.1) is 12.1 Å². The van der Waals surface area contributed by atoms with Gasteiger partial charge in [0.25, 0.3) is 0 Å². The molecule has 196 valence electrons. The van der Waals surface area contributed by atoms with Crippen LogP contribution in [0.25, 0.3) is 10.9 Å². The monoisotopic (exact) mass is 501 g/mol. The Morgan fingerprint density at radius 3 is 2.36 bits per heavy atom. The fraction of sp³-hybridized carbons (Fsp3) is 0.480. The molecule has 2 rings (SSSR count). The third-order valence-electron chi connectivity index (χ3n) is 6.09. The molecule has 5 atom stereocenters. The zero-order valence-electron chi connectivity index (χ0n) is 20.7. The Labute approximate surface area is 209 Å². The average Bonchev–Trinajstić information content (AvgIpc) is 3.26. The maximum Gasteiger partial charge on any atom is 0.303 e. The van der Waals surface area contributed by atoms with Crippen molar-refractivity contribution >= 4 is 40.9 Å². The van der Waals surface area contributed by atoms with Gasteiger partial charge in [0.15, 0.2) is 0 Å². The lowest BCUT2D eigenvalue weighted by atomic mass is 9.96. The van der Waals surface area contributed by atoms with Crippen LogP contribution in [0.15, 0.2) is 30.5 Å². The lowest BCUT2D eigenvalue weighted by Gasteiger charge is -2.27. The zero-order chi connectivity index (χ0) is 26.8. The van der Waals surface area contributed by atoms with Crippen LogP contribution in [0.4, 0.5) is 0 Å². The summed E-state index contributed by atoms with van der Waals surface area (Å²) >= 11 is 0. The highest BCUT2D eigenvalue weighted by Gasteiger charge is 2.31. The summed E-state index contributed by atoms with van der Waals surface area (Å²) in [7, 11) is 0. The van der Waals surface area contributed by atoms with E-state index < -0.39 is 47.9 Å². The number of carboxylic acids is 1. The topological polar surface area (TPSA) is 183 Å². The Kier molecular flexibility index (Phi) is 10.6. The summed E-state index contributed by atoms with van der Waals surface area (Å²) < 4.78 is 0. The Morgan fingerprint density at radius 1 is 1.06 bits per heavy atom. The minimum atomic E-state index is -1.19. The number of hydrogen-bond donors (Lipinski definition) is 6. The van der Waals surface area contributed by atoms with Gasteiger partial charge in [0, 0.05) is 29.9 Å². The molecule has 1 heterocycles. The fourth-order valence-corrected chi connectivity index (χ4v) is 3.74. The van der Waals surface area contributed by atoms with Crippen molar-refractivity contribution in [2.24, 2.45) is 11.7 Å². The molecule has 1 aromatic carbocycles. The lowest BCUT2D eigenvalue weighted by Crippen LogP contribution is -2.58. The molecule has 0 unspecified atom stereocenters. The maximum atomic E-state index is 13.2. The standard InChI is InChI=1S/C25H35N5O6/c1-4-14(2)22(30-24(35)20(9-10-21(32)33)29-23(34)15(3)26)25(36)28-17(13-31)11-16-12-27-19-8-6-5-7-18(16)19/h5-8,12-15,17,20,22,27H,4,9-11,26H2,1-3H3,(H,28,36)(H,29,34)(H,30,35)(H,32,33)/t14-,15-,17-,20-,22-/m0/s1. The van der Waals surface area contributed by atoms with E-state index in [1.807, 2.05) is 31.2 Å². The van der Waals surface area contributed by atoms with Crippen molar-refractivity contribution in [3.63, 3.8) is 0 Å². The first-order chi connectivity index (χ1) is 17.1. The molecule has 0 bridgehead atoms. The van der Waals surface area contributed by atoms with Crippen molar-refractivity contribution in [1.29, 1.82) is 0 Å². The van der Waals surface area contributed by atoms with E-state index in [1.165, 1.54) is 6.92 Å². The van der Waals surface area contributed by atoms with Gasteiger partial charge in [-0.15, -0.1) is 0 Å². The number of para-hydroxylation sites is 1. The van der Waals surface area contributed by atoms with Crippen LogP contribution in [0.5, 0.6) is 0 Å². The Morgan fingerprint density at radius 2 is 1.75 bits per heavy atom. The van der Waals surface area contributed by atoms with Crippen LogP contribution in [0.3, 0.4) is 0 Å². The van der Waals surface area contributed by atoms with Crippen molar-refractivity contribution in [3.8, 4) is 0 Å². The summed E-state index contributed by atoms with van der Waals surface area (Å²) in [5.74, 6) is -3.32. The minimum Gasteiger partial charge on any atom is -0.481 e. The molecule has 0 spiro atoms. The summed E-state index contributed by atoms with van der Waals surface area (Å²) in [6.07, 6.45) is 2.69. The number of fused-ring (bicyclic) bond motifs is 1. The van der Waals surface area contributed by atoms with Crippen molar-refractivity contribution in [1.82, 2.24) is 20.9 Å². The number of carbonyl (C=O) groups excluding carboxylic acids is 4. The molecule has 36 heavy (non-hydrogen) atoms. The van der Waals surface area contributed by atoms with Crippen LogP contribution >= 0.6 is 0 Å². The quantitative estimate of drug-likeness (QED) is 0.205. The first-order valence-electron chi connectivity index (χ1n) is 12.0. The van der Waals surface area contributed by atoms with E-state index in [9.17, 15) is 24.0 Å². The van der Waals surface area contributed by atoms with Crippen molar-refractivity contribution in [2.45, 2.75) is 70.6 Å². The van der Waals surface area contributed by atoms with Gasteiger partial charge >= 0.3 is 5.97 Å². The smallest absolute Gasteiger partial charge is 0.303 e. The number of nitrogens with two attached hydrogens (primary N) is 1. The molecular weight excluding hydrogens is 466 g/mol. The molecule has 0 saturated carbocycles. The molecule has 0 aliphatic rings. The van der Waals surface area contributed by atoms with Crippen LogP contribution in [0, 0.1) is 5.92 Å². The van der Waals surface area contributed by atoms with Crippen LogP contribution in [-0.2, 0) is 30.4 Å². The highest BCUT2D eigenvalue weighted by atomic mass is 16.4. The van der Waals surface area contributed by atoms with E-state index in [0.29, 0.717) is 12.7 Å². The lowest BCUT2D eigenvalue weighted by molar-refractivity contribution is -0.138. The number of amides is 3. The molecule has 0 radical (unpaired) electrons. The minimum absolute atomic E-state index is 0.175. The van der Waals surface area contributed by atoms with E-state index in [2.05, 4.69) is 20.9 Å². The molecule has 11 nitrogen and oxygen atoms in total. The van der Waals surface area contributed by atoms with E-state index in [-0.39, 0.29) is 25.2 Å². The molecule has 0 aliphatic heterocycles. The van der Waals surface area contributed by atoms with Crippen LogP contribution in [0.1, 0.15) is 45.6 Å². The maximum absolute atomic E-state index is 13.2. The summed E-state index contributed by atoms with van der Waals surface area (Å²) in [4.78, 5) is 64.2. The molecular formula is C25H35N5O6. The predicted molar refractivity (Wildman–Crippen MR) is 134 cm³/mol. The summed E-state index contributed by atoms with van der Waals surface area (Å²) in [6.45, 7) is 5.05. The van der Waals surface area contributed by atoms with Gasteiger partial charge in [-0.3, -0.25) is 19.2 Å². The molecule has 0 aliphatic carbocycles. The molecule has 1 aromatic heterocycles. The normalized spacial score (nSPS) is 15.2. The first-order valence-corrected chi connectivity index (χ1v) is 12.0. The number of hydrogen-bond acceptors (Lipinski definition) is 6. The van der Waals surface area contributed by atoms with Gasteiger partial charge in [-0.05, 0) is 30.9 Å². The number of carboxylic acid groups (broad SMARTS) is 1. The van der Waals surface area contributed by atoms with E-state index in [4.69, 9.17) is 10.8 Å². The number of carbonyl (C=O) groups is 5. The Bertz CT molecular complexity index is 1080. The second kappa shape index (κ2) is 13.4. The number of aromatic amines is 1. The third kappa shape index (κ3) is 7.91. The Balaban J connectivity index is 2.15. The van der Waals surface area contributed by atoms with Crippen LogP contribution in [0.2, 0.25) is 0 Å². The van der Waals surface area contributed by atoms with Gasteiger partial charge in [-0.25, -0.2) is 0 Å². The number of nitrogens with one attached hydrogen (secondary N) is 4. The second-order valence-corrected chi connectivity index (χ2v) is 8.97. The van der Waals surface area contributed by atoms with Crippen molar-refractivity contribution in [3.05, 3.63) is 36.0 Å². The number of H-pyrrole nitrogens is 1. The number of rotatable bonds is 14. The second-order valence-electron chi connectivity index (χ2n) is 8.97. The van der Waals surface area contributed by atoms with Gasteiger partial charge in [0.1, 0.15) is 18.4 Å². The van der Waals surface area contributed by atoms with E-state index >= 15 is 0 Å². The molecule has 11 heteroatoms. The molecule has 0 saturated heterocycles. The average molecular weight is 502 g/mol. The summed E-state index contributed by atoms with van der Waals surface area (Å²) in [6, 6.07) is 3.67. The van der Waals surface area contributed by atoms with Crippen molar-refractivity contribution < 1.29 is 29.1 Å². The van der Waals surface area contributed by atoms with Gasteiger partial charge < -0.3 is 36.6 Å². The SMILES string of the molecule is CC[C@H](C)[C@H](NC(=O)[C@H](CCC(=O)O)NC(=O)[C@H](C)N)C(=O)N[C@H](C=O)Cc1c[nH]c2ccccc12. The Hall–Kier alpha value is -3.73. The van der Waals surface area contributed by atoms with Crippen LogP contribution < -0.4 is 21.7 Å². The fourth-order valence-electron chi connectivity index (χ4n) is 3.74. The highest BCUT2D eigenvalue weighted by Crippen LogP contribution is 2.19. The summed E-state index contributed by atoms with van der Waals surface area (Å²) in [5.41, 5.74) is 7.33. The molecule has 3 amide bonds. The van der Waals surface area contributed by atoms with Gasteiger partial charge in [-0.2, -0.15) is 0 Å². The number of benzene rings is 1. The van der Waals surface area contributed by atoms with E-state index in [1.54, 1.807) is 13.1 Å². The third-order valence-corrected chi connectivity index (χ3v) is 6.09. The van der Waals surface area contributed by atoms with E-state index in [0.717, 1.165) is 16.5 Å². The van der Waals surface area contributed by atoms with Crippen molar-refractivity contribution in [2.75, 3.05) is 0 Å². The molecule has 2 aromatic rings.